The molecule has 1 aliphatic rings. The van der Waals surface area contributed by atoms with E-state index in [4.69, 9.17) is 0 Å². The van der Waals surface area contributed by atoms with Crippen LogP contribution in [-0.2, 0) is 4.79 Å². The van der Waals surface area contributed by atoms with Gasteiger partial charge < -0.3 is 10.1 Å². The number of benzene rings is 1. The quantitative estimate of drug-likeness (QED) is 0.838. The summed E-state index contributed by atoms with van der Waals surface area (Å²) in [6.07, 6.45) is 3.95. The minimum atomic E-state index is -2.84. The molecule has 0 bridgehead atoms. The molecule has 0 atom stereocenters. The maximum atomic E-state index is 12.3. The average Bonchev–Trinajstić information content (AvgIpc) is 2.48. The Bertz CT molecular complexity index is 515. The first kappa shape index (κ1) is 17.7. The Hall–Kier alpha value is -1.65. The summed E-state index contributed by atoms with van der Waals surface area (Å²) in [5.41, 5.74) is 0.900. The standard InChI is InChI=1S/C18H25F2NO2/c1-18(2,3)13-6-4-12(5-7-13)16(22)21-14-8-10-15(11-9-14)23-17(19)20/h8-13,17H,4-7H2,1-3H3,(H,21,22). The maximum Gasteiger partial charge on any atom is 0.387 e. The minimum Gasteiger partial charge on any atom is -0.435 e. The molecule has 1 amide bonds. The minimum absolute atomic E-state index is 0.0138. The SMILES string of the molecule is CC(C)(C)C1CCC(C(=O)Nc2ccc(OC(F)F)cc2)CC1. The summed E-state index contributed by atoms with van der Waals surface area (Å²) < 4.78 is 28.5. The lowest BCUT2D eigenvalue weighted by atomic mass is 9.69. The van der Waals surface area contributed by atoms with Gasteiger partial charge in [0.25, 0.3) is 0 Å². The Balaban J connectivity index is 1.85. The van der Waals surface area contributed by atoms with Crippen molar-refractivity contribution in [2.24, 2.45) is 17.3 Å². The Kier molecular flexibility index (Phi) is 5.60. The van der Waals surface area contributed by atoms with Crippen LogP contribution in [0.2, 0.25) is 0 Å². The molecule has 0 radical (unpaired) electrons. The van der Waals surface area contributed by atoms with Gasteiger partial charge in [-0.2, -0.15) is 8.78 Å². The Morgan fingerprint density at radius 2 is 1.70 bits per heavy atom. The van der Waals surface area contributed by atoms with Crippen LogP contribution in [0.1, 0.15) is 46.5 Å². The molecule has 3 nitrogen and oxygen atoms in total. The fourth-order valence-corrected chi connectivity index (χ4v) is 3.19. The van der Waals surface area contributed by atoms with E-state index in [9.17, 15) is 13.6 Å². The van der Waals surface area contributed by atoms with Gasteiger partial charge in [-0.1, -0.05) is 20.8 Å². The molecule has 1 aromatic carbocycles. The van der Waals surface area contributed by atoms with Gasteiger partial charge in [-0.25, -0.2) is 0 Å². The van der Waals surface area contributed by atoms with Crippen molar-refractivity contribution < 1.29 is 18.3 Å². The van der Waals surface area contributed by atoms with Crippen molar-refractivity contribution in [2.45, 2.75) is 53.1 Å². The van der Waals surface area contributed by atoms with Crippen molar-refractivity contribution >= 4 is 11.6 Å². The number of carbonyl (C=O) groups is 1. The molecular weight excluding hydrogens is 300 g/mol. The molecule has 1 saturated carbocycles. The van der Waals surface area contributed by atoms with E-state index in [1.54, 1.807) is 12.1 Å². The summed E-state index contributed by atoms with van der Waals surface area (Å²) >= 11 is 0. The molecule has 0 unspecified atom stereocenters. The van der Waals surface area contributed by atoms with Gasteiger partial charge in [0.2, 0.25) is 5.91 Å². The first-order chi connectivity index (χ1) is 10.8. The van der Waals surface area contributed by atoms with Gasteiger partial charge in [-0.05, 0) is 61.3 Å². The fourth-order valence-electron chi connectivity index (χ4n) is 3.19. The molecule has 1 aliphatic carbocycles. The molecule has 0 aliphatic heterocycles. The van der Waals surface area contributed by atoms with E-state index in [2.05, 4.69) is 30.8 Å². The molecule has 0 spiro atoms. The number of hydrogen-bond acceptors (Lipinski definition) is 2. The van der Waals surface area contributed by atoms with E-state index in [1.807, 2.05) is 0 Å². The third kappa shape index (κ3) is 5.19. The maximum absolute atomic E-state index is 12.3. The number of carbonyl (C=O) groups excluding carboxylic acids is 1. The fraction of sp³-hybridized carbons (Fsp3) is 0.611. The highest BCUT2D eigenvalue weighted by molar-refractivity contribution is 5.92. The van der Waals surface area contributed by atoms with Crippen LogP contribution < -0.4 is 10.1 Å². The van der Waals surface area contributed by atoms with Crippen molar-refractivity contribution in [1.82, 2.24) is 0 Å². The normalized spacial score (nSPS) is 22.0. The van der Waals surface area contributed by atoms with Crippen LogP contribution in [-0.4, -0.2) is 12.5 Å². The van der Waals surface area contributed by atoms with Crippen molar-refractivity contribution in [3.63, 3.8) is 0 Å². The highest BCUT2D eigenvalue weighted by Gasteiger charge is 2.32. The lowest BCUT2D eigenvalue weighted by molar-refractivity contribution is -0.121. The van der Waals surface area contributed by atoms with Crippen LogP contribution in [0, 0.1) is 17.3 Å². The first-order valence-electron chi connectivity index (χ1n) is 8.11. The summed E-state index contributed by atoms with van der Waals surface area (Å²) in [5, 5.41) is 2.86. The van der Waals surface area contributed by atoms with Gasteiger partial charge in [0.15, 0.2) is 0 Å². The van der Waals surface area contributed by atoms with Crippen LogP contribution in [0.5, 0.6) is 5.75 Å². The van der Waals surface area contributed by atoms with Gasteiger partial charge in [-0.15, -0.1) is 0 Å². The number of alkyl halides is 2. The van der Waals surface area contributed by atoms with Crippen LogP contribution in [0.3, 0.4) is 0 Å². The zero-order valence-corrected chi connectivity index (χ0v) is 13.9. The van der Waals surface area contributed by atoms with Gasteiger partial charge in [-0.3, -0.25) is 4.79 Å². The summed E-state index contributed by atoms with van der Waals surface area (Å²) in [7, 11) is 0. The third-order valence-electron chi connectivity index (χ3n) is 4.67. The summed E-state index contributed by atoms with van der Waals surface area (Å²) in [4.78, 5) is 12.3. The van der Waals surface area contributed by atoms with E-state index >= 15 is 0 Å². The lowest BCUT2D eigenvalue weighted by Gasteiger charge is -2.36. The van der Waals surface area contributed by atoms with Crippen molar-refractivity contribution in [3.05, 3.63) is 24.3 Å². The van der Waals surface area contributed by atoms with Crippen LogP contribution in [0.25, 0.3) is 0 Å². The predicted molar refractivity (Wildman–Crippen MR) is 86.6 cm³/mol. The smallest absolute Gasteiger partial charge is 0.387 e. The second-order valence-corrected chi connectivity index (χ2v) is 7.31. The number of hydrogen-bond donors (Lipinski definition) is 1. The predicted octanol–water partition coefficient (Wildman–Crippen LogP) is 5.08. The number of amides is 1. The van der Waals surface area contributed by atoms with Gasteiger partial charge >= 0.3 is 6.61 Å². The third-order valence-corrected chi connectivity index (χ3v) is 4.67. The number of rotatable bonds is 4. The van der Waals surface area contributed by atoms with E-state index in [0.717, 1.165) is 25.7 Å². The van der Waals surface area contributed by atoms with Gasteiger partial charge in [0, 0.05) is 11.6 Å². The molecule has 2 rings (SSSR count). The molecule has 23 heavy (non-hydrogen) atoms. The number of anilines is 1. The highest BCUT2D eigenvalue weighted by Crippen LogP contribution is 2.40. The zero-order chi connectivity index (χ0) is 17.0. The van der Waals surface area contributed by atoms with Crippen molar-refractivity contribution in [2.75, 3.05) is 5.32 Å². The van der Waals surface area contributed by atoms with E-state index in [1.165, 1.54) is 12.1 Å². The summed E-state index contributed by atoms with van der Waals surface area (Å²) in [6.45, 7) is 3.91. The largest absolute Gasteiger partial charge is 0.435 e. The molecule has 1 fully saturated rings. The lowest BCUT2D eigenvalue weighted by Crippen LogP contribution is -2.31. The monoisotopic (exact) mass is 325 g/mol. The van der Waals surface area contributed by atoms with E-state index in [-0.39, 0.29) is 17.6 Å². The first-order valence-corrected chi connectivity index (χ1v) is 8.11. The van der Waals surface area contributed by atoms with Crippen LogP contribution >= 0.6 is 0 Å². The topological polar surface area (TPSA) is 38.3 Å². The molecule has 1 N–H and O–H groups in total. The second-order valence-electron chi connectivity index (χ2n) is 7.31. The number of nitrogens with one attached hydrogen (secondary N) is 1. The van der Waals surface area contributed by atoms with Crippen LogP contribution in [0.4, 0.5) is 14.5 Å². The van der Waals surface area contributed by atoms with E-state index in [0.29, 0.717) is 17.0 Å². The number of halogens is 2. The summed E-state index contributed by atoms with van der Waals surface area (Å²) in [5.74, 6) is 0.798. The Labute approximate surface area is 136 Å². The molecule has 128 valence electrons. The van der Waals surface area contributed by atoms with Crippen molar-refractivity contribution in [3.8, 4) is 5.75 Å². The van der Waals surface area contributed by atoms with Crippen LogP contribution in [0.15, 0.2) is 24.3 Å². The molecular formula is C18H25F2NO2. The van der Waals surface area contributed by atoms with Crippen molar-refractivity contribution in [1.29, 1.82) is 0 Å². The van der Waals surface area contributed by atoms with E-state index < -0.39 is 6.61 Å². The molecule has 0 heterocycles. The second kappa shape index (κ2) is 7.28. The number of ether oxygens (including phenoxy) is 1. The van der Waals surface area contributed by atoms with Gasteiger partial charge in [0.1, 0.15) is 5.75 Å². The average molecular weight is 325 g/mol. The molecule has 1 aromatic rings. The molecule has 0 aromatic heterocycles. The van der Waals surface area contributed by atoms with Gasteiger partial charge in [0.05, 0.1) is 0 Å². The molecule has 5 heteroatoms. The Morgan fingerprint density at radius 1 is 1.13 bits per heavy atom. The molecule has 0 saturated heterocycles. The Morgan fingerprint density at radius 3 is 2.17 bits per heavy atom. The summed E-state index contributed by atoms with van der Waals surface area (Å²) in [6, 6.07) is 6.02. The highest BCUT2D eigenvalue weighted by atomic mass is 19.3. The zero-order valence-electron chi connectivity index (χ0n) is 13.9.